The molecule has 0 bridgehead atoms. The Kier molecular flexibility index (Phi) is 7.36. The van der Waals surface area contributed by atoms with Gasteiger partial charge in [-0.2, -0.15) is 10.2 Å². The molecule has 0 aliphatic carbocycles. The van der Waals surface area contributed by atoms with Gasteiger partial charge in [0.15, 0.2) is 0 Å². The fraction of sp³-hybridized carbons (Fsp3) is 0.333. The number of aromatic nitrogens is 4. The minimum atomic E-state index is -0.589. The number of aliphatic hydroxyl groups is 1. The Hall–Kier alpha value is -2.94. The molecule has 0 amide bonds. The molecule has 0 saturated carbocycles. The first-order valence-electron chi connectivity index (χ1n) is 11.1. The lowest BCUT2D eigenvalue weighted by molar-refractivity contribution is 0.0801. The summed E-state index contributed by atoms with van der Waals surface area (Å²) in [6.07, 6.45) is 4.47. The van der Waals surface area contributed by atoms with E-state index in [0.29, 0.717) is 19.7 Å². The van der Waals surface area contributed by atoms with Crippen molar-refractivity contribution >= 4 is 19.7 Å². The van der Waals surface area contributed by atoms with Crippen molar-refractivity contribution in [3.8, 4) is 22.8 Å². The zero-order chi connectivity index (χ0) is 22.3. The molecule has 4 aromatic rings. The maximum atomic E-state index is 9.00. The first-order valence-corrected chi connectivity index (χ1v) is 14.2. The summed E-state index contributed by atoms with van der Waals surface area (Å²) in [5.74, 6) is 1.53. The van der Waals surface area contributed by atoms with E-state index in [-0.39, 0.29) is 6.61 Å². The molecule has 1 N–H and O–H groups in total. The van der Waals surface area contributed by atoms with Crippen LogP contribution in [-0.4, -0.2) is 46.7 Å². The minimum Gasteiger partial charge on any atom is -0.457 e. The molecule has 0 atom stereocenters. The summed E-state index contributed by atoms with van der Waals surface area (Å²) in [7, 11) is -0.589. The number of aryl methyl sites for hydroxylation is 1. The third-order valence-electron chi connectivity index (χ3n) is 5.22. The fourth-order valence-electron chi connectivity index (χ4n) is 3.45. The van der Waals surface area contributed by atoms with Crippen LogP contribution in [0.1, 0.15) is 6.42 Å². The lowest BCUT2D eigenvalue weighted by Gasteiger charge is -2.10. The molecule has 0 unspecified atom stereocenters. The summed E-state index contributed by atoms with van der Waals surface area (Å²) < 4.78 is 15.6. The van der Waals surface area contributed by atoms with Gasteiger partial charge in [-0.1, -0.05) is 13.1 Å². The van der Waals surface area contributed by atoms with Crippen LogP contribution in [-0.2, 0) is 18.0 Å². The fourth-order valence-corrected chi connectivity index (χ4v) is 4.08. The van der Waals surface area contributed by atoms with Gasteiger partial charge in [0.2, 0.25) is 0 Å². The predicted octanol–water partition coefficient (Wildman–Crippen LogP) is 4.54. The summed E-state index contributed by atoms with van der Waals surface area (Å²) in [4.78, 5) is 0. The number of hydrogen-bond donors (Lipinski definition) is 1. The molecule has 32 heavy (non-hydrogen) atoms. The molecule has 0 saturated heterocycles. The number of benzene rings is 2. The van der Waals surface area contributed by atoms with Crippen LogP contribution in [0.4, 0.5) is 0 Å². The van der Waals surface area contributed by atoms with Crippen LogP contribution in [0.2, 0.25) is 19.1 Å². The Morgan fingerprint density at radius 3 is 2.62 bits per heavy atom. The molecule has 0 aliphatic rings. The van der Waals surface area contributed by atoms with E-state index in [1.165, 1.54) is 6.04 Å². The summed E-state index contributed by atoms with van der Waals surface area (Å²) in [5.41, 5.74) is 3.00. The van der Waals surface area contributed by atoms with Gasteiger partial charge in [0.25, 0.3) is 0 Å². The van der Waals surface area contributed by atoms with Gasteiger partial charge in [-0.15, -0.1) is 0 Å². The Balaban J connectivity index is 1.40. The van der Waals surface area contributed by atoms with E-state index in [0.717, 1.165) is 40.3 Å². The third-order valence-corrected chi connectivity index (χ3v) is 6.61. The summed E-state index contributed by atoms with van der Waals surface area (Å²) in [6.45, 7) is 6.78. The third kappa shape index (κ3) is 5.64. The van der Waals surface area contributed by atoms with Gasteiger partial charge in [-0.05, 0) is 61.0 Å². The molecule has 0 aliphatic heterocycles. The molecule has 8 heteroatoms. The van der Waals surface area contributed by atoms with E-state index in [2.05, 4.69) is 23.3 Å². The van der Waals surface area contributed by atoms with Crippen LogP contribution in [0, 0.1) is 0 Å². The van der Waals surface area contributed by atoms with Gasteiger partial charge in [-0.25, -0.2) is 4.68 Å². The second-order valence-corrected chi connectivity index (χ2v) is 11.6. The maximum absolute atomic E-state index is 9.00. The van der Waals surface area contributed by atoms with Crippen LogP contribution in [0.15, 0.2) is 60.9 Å². The van der Waals surface area contributed by atoms with Crippen molar-refractivity contribution in [2.24, 2.45) is 0 Å². The molecule has 2 aromatic heterocycles. The largest absolute Gasteiger partial charge is 0.457 e. The highest BCUT2D eigenvalue weighted by Crippen LogP contribution is 2.28. The van der Waals surface area contributed by atoms with Crippen molar-refractivity contribution in [2.45, 2.75) is 38.8 Å². The molecule has 0 fully saturated rings. The zero-order valence-corrected chi connectivity index (χ0v) is 19.8. The Morgan fingerprint density at radius 1 is 1.03 bits per heavy atom. The van der Waals surface area contributed by atoms with Crippen LogP contribution in [0.3, 0.4) is 0 Å². The van der Waals surface area contributed by atoms with Crippen molar-refractivity contribution in [3.63, 3.8) is 0 Å². The highest BCUT2D eigenvalue weighted by atomic mass is 28.3. The van der Waals surface area contributed by atoms with Crippen molar-refractivity contribution in [1.82, 2.24) is 19.6 Å². The van der Waals surface area contributed by atoms with E-state index >= 15 is 0 Å². The van der Waals surface area contributed by atoms with Crippen molar-refractivity contribution in [3.05, 3.63) is 60.9 Å². The summed E-state index contributed by atoms with van der Waals surface area (Å²) in [6, 6.07) is 17.0. The highest BCUT2D eigenvalue weighted by Gasteiger charge is 2.08. The molecular formula is C24H30N4O3Si. The highest BCUT2D eigenvalue weighted by molar-refractivity contribution is 6.55. The number of fused-ring (bicyclic) bond motifs is 1. The number of aliphatic hydroxyl groups excluding tert-OH is 1. The van der Waals surface area contributed by atoms with Gasteiger partial charge >= 0.3 is 0 Å². The van der Waals surface area contributed by atoms with Gasteiger partial charge in [0.1, 0.15) is 18.2 Å². The van der Waals surface area contributed by atoms with Crippen molar-refractivity contribution < 1.29 is 14.6 Å². The minimum absolute atomic E-state index is 0.161. The van der Waals surface area contributed by atoms with E-state index in [1.54, 1.807) is 6.20 Å². The smallest absolute Gasteiger partial charge is 0.139 e. The van der Waals surface area contributed by atoms with Gasteiger partial charge in [0, 0.05) is 51.9 Å². The standard InChI is InChI=1S/C24H30N4O3Si/c1-32(2)15-14-30-18-28-24(10-11-25-28)19-4-6-21(7-5-19)31-22-8-9-23-20(16-22)17-27(26-23)12-3-13-29/h4-11,16-17,29,32H,3,12-15,18H2,1-2H3. The normalized spacial score (nSPS) is 11.5. The molecule has 2 aromatic carbocycles. The second kappa shape index (κ2) is 10.6. The molecular weight excluding hydrogens is 420 g/mol. The van der Waals surface area contributed by atoms with E-state index in [1.807, 2.05) is 64.1 Å². The Bertz CT molecular complexity index is 1140. The van der Waals surface area contributed by atoms with Gasteiger partial charge in [0.05, 0.1) is 11.2 Å². The van der Waals surface area contributed by atoms with Gasteiger partial charge in [-0.3, -0.25) is 4.68 Å². The quantitative estimate of drug-likeness (QED) is 0.268. The SMILES string of the molecule is C[SiH](C)CCOCn1nccc1-c1ccc(Oc2ccc3nn(CCCO)cc3c2)cc1. The lowest BCUT2D eigenvalue weighted by Crippen LogP contribution is -2.10. The predicted molar refractivity (Wildman–Crippen MR) is 129 cm³/mol. The molecule has 2 heterocycles. The number of hydrogen-bond acceptors (Lipinski definition) is 5. The monoisotopic (exact) mass is 450 g/mol. The first kappa shape index (κ1) is 22.3. The zero-order valence-electron chi connectivity index (χ0n) is 18.6. The number of ether oxygens (including phenoxy) is 2. The second-order valence-electron chi connectivity index (χ2n) is 8.25. The maximum Gasteiger partial charge on any atom is 0.139 e. The van der Waals surface area contributed by atoms with Crippen molar-refractivity contribution in [1.29, 1.82) is 0 Å². The van der Waals surface area contributed by atoms with Crippen LogP contribution in [0.5, 0.6) is 11.5 Å². The Labute approximate surface area is 189 Å². The van der Waals surface area contributed by atoms with Crippen LogP contribution in [0.25, 0.3) is 22.2 Å². The first-order chi connectivity index (χ1) is 15.6. The molecule has 7 nitrogen and oxygen atoms in total. The summed E-state index contributed by atoms with van der Waals surface area (Å²) >= 11 is 0. The van der Waals surface area contributed by atoms with Crippen molar-refractivity contribution in [2.75, 3.05) is 13.2 Å². The molecule has 4 rings (SSSR count). The summed E-state index contributed by atoms with van der Waals surface area (Å²) in [5, 5.41) is 18.9. The van der Waals surface area contributed by atoms with Gasteiger partial charge < -0.3 is 14.6 Å². The molecule has 0 radical (unpaired) electrons. The molecule has 168 valence electrons. The Morgan fingerprint density at radius 2 is 1.84 bits per heavy atom. The average molecular weight is 451 g/mol. The topological polar surface area (TPSA) is 74.3 Å². The van der Waals surface area contributed by atoms with E-state index in [4.69, 9.17) is 14.6 Å². The van der Waals surface area contributed by atoms with Crippen LogP contribution >= 0.6 is 0 Å². The van der Waals surface area contributed by atoms with E-state index in [9.17, 15) is 0 Å². The van der Waals surface area contributed by atoms with Crippen LogP contribution < -0.4 is 4.74 Å². The number of rotatable bonds is 11. The lowest BCUT2D eigenvalue weighted by atomic mass is 10.1. The van der Waals surface area contributed by atoms with E-state index < -0.39 is 8.80 Å². The average Bonchev–Trinajstić information content (AvgIpc) is 3.42. The molecule has 0 spiro atoms. The number of nitrogens with zero attached hydrogens (tertiary/aromatic N) is 4.